The molecule has 0 heterocycles. The zero-order chi connectivity index (χ0) is 15.2. The molecule has 0 saturated heterocycles. The van der Waals surface area contributed by atoms with Crippen LogP contribution in [-0.4, -0.2) is 18.5 Å². The fourth-order valence-electron chi connectivity index (χ4n) is 2.07. The maximum atomic E-state index is 11.7. The number of hydrogen-bond acceptors (Lipinski definition) is 2. The molecule has 0 aromatic heterocycles. The van der Waals surface area contributed by atoms with Gasteiger partial charge in [0.25, 0.3) is 0 Å². The van der Waals surface area contributed by atoms with Crippen LogP contribution < -0.4 is 11.1 Å². The molecule has 0 aliphatic rings. The first-order valence-electron chi connectivity index (χ1n) is 7.47. The summed E-state index contributed by atoms with van der Waals surface area (Å²) in [5, 5.41) is 2.90. The van der Waals surface area contributed by atoms with Crippen molar-refractivity contribution in [2.24, 2.45) is 5.73 Å². The van der Waals surface area contributed by atoms with Gasteiger partial charge in [-0.2, -0.15) is 0 Å². The third-order valence-corrected chi connectivity index (χ3v) is 3.47. The Balaban J connectivity index is 2.41. The predicted molar refractivity (Wildman–Crippen MR) is 84.7 cm³/mol. The highest BCUT2D eigenvalue weighted by atomic mass is 16.2. The molecule has 0 radical (unpaired) electrons. The first-order chi connectivity index (χ1) is 9.34. The van der Waals surface area contributed by atoms with Crippen molar-refractivity contribution in [3.05, 3.63) is 35.4 Å². The molecule has 3 N–H and O–H groups in total. The van der Waals surface area contributed by atoms with E-state index in [1.54, 1.807) is 0 Å². The van der Waals surface area contributed by atoms with Crippen molar-refractivity contribution in [3.63, 3.8) is 0 Å². The van der Waals surface area contributed by atoms with E-state index in [0.717, 1.165) is 19.3 Å². The van der Waals surface area contributed by atoms with Gasteiger partial charge >= 0.3 is 0 Å². The summed E-state index contributed by atoms with van der Waals surface area (Å²) in [6.07, 6.45) is 2.52. The Morgan fingerprint density at radius 3 is 2.35 bits per heavy atom. The SMILES string of the molecule is CCCC(N)C(=O)NCCc1ccc(C(C)(C)C)cc1. The van der Waals surface area contributed by atoms with Gasteiger partial charge in [-0.3, -0.25) is 4.79 Å². The lowest BCUT2D eigenvalue weighted by atomic mass is 9.86. The van der Waals surface area contributed by atoms with E-state index in [1.165, 1.54) is 11.1 Å². The molecule has 0 fully saturated rings. The van der Waals surface area contributed by atoms with E-state index in [4.69, 9.17) is 5.73 Å². The van der Waals surface area contributed by atoms with E-state index in [2.05, 4.69) is 50.4 Å². The number of carbonyl (C=O) groups is 1. The van der Waals surface area contributed by atoms with Crippen LogP contribution >= 0.6 is 0 Å². The highest BCUT2D eigenvalue weighted by molar-refractivity contribution is 5.81. The van der Waals surface area contributed by atoms with Gasteiger partial charge in [-0.15, -0.1) is 0 Å². The maximum Gasteiger partial charge on any atom is 0.236 e. The summed E-state index contributed by atoms with van der Waals surface area (Å²) in [6, 6.07) is 8.24. The lowest BCUT2D eigenvalue weighted by Gasteiger charge is -2.19. The summed E-state index contributed by atoms with van der Waals surface area (Å²) in [7, 11) is 0. The first-order valence-corrected chi connectivity index (χ1v) is 7.47. The third kappa shape index (κ3) is 5.33. The Bertz CT molecular complexity index is 418. The molecule has 1 rings (SSSR count). The van der Waals surface area contributed by atoms with Gasteiger partial charge < -0.3 is 11.1 Å². The minimum absolute atomic E-state index is 0.0434. The average Bonchev–Trinajstić information content (AvgIpc) is 2.38. The van der Waals surface area contributed by atoms with E-state index < -0.39 is 0 Å². The van der Waals surface area contributed by atoms with Crippen LogP contribution in [0.25, 0.3) is 0 Å². The van der Waals surface area contributed by atoms with Crippen LogP contribution in [0, 0.1) is 0 Å². The van der Waals surface area contributed by atoms with Gasteiger partial charge in [-0.05, 0) is 29.4 Å². The Hall–Kier alpha value is -1.35. The molecule has 0 bridgehead atoms. The van der Waals surface area contributed by atoms with Crippen molar-refractivity contribution in [2.45, 2.75) is 58.4 Å². The lowest BCUT2D eigenvalue weighted by Crippen LogP contribution is -2.41. The Labute approximate surface area is 122 Å². The fraction of sp³-hybridized carbons (Fsp3) is 0.588. The normalized spacial score (nSPS) is 13.1. The van der Waals surface area contributed by atoms with E-state index >= 15 is 0 Å². The highest BCUT2D eigenvalue weighted by Crippen LogP contribution is 2.22. The van der Waals surface area contributed by atoms with Crippen LogP contribution in [0.2, 0.25) is 0 Å². The molecule has 3 nitrogen and oxygen atoms in total. The molecule has 1 aromatic rings. The van der Waals surface area contributed by atoms with Crippen LogP contribution in [0.4, 0.5) is 0 Å². The summed E-state index contributed by atoms with van der Waals surface area (Å²) in [5.74, 6) is -0.0434. The average molecular weight is 276 g/mol. The largest absolute Gasteiger partial charge is 0.354 e. The highest BCUT2D eigenvalue weighted by Gasteiger charge is 2.13. The summed E-state index contributed by atoms with van der Waals surface area (Å²) < 4.78 is 0. The number of hydrogen-bond donors (Lipinski definition) is 2. The molecule has 20 heavy (non-hydrogen) atoms. The topological polar surface area (TPSA) is 55.1 Å². The van der Waals surface area contributed by atoms with Gasteiger partial charge in [0.05, 0.1) is 6.04 Å². The molecule has 112 valence electrons. The zero-order valence-electron chi connectivity index (χ0n) is 13.2. The van der Waals surface area contributed by atoms with Crippen molar-refractivity contribution < 1.29 is 4.79 Å². The van der Waals surface area contributed by atoms with Gasteiger partial charge in [0, 0.05) is 6.54 Å². The molecule has 1 unspecified atom stereocenters. The van der Waals surface area contributed by atoms with Crippen molar-refractivity contribution in [1.82, 2.24) is 5.32 Å². The quantitative estimate of drug-likeness (QED) is 0.839. The molecule has 0 aliphatic carbocycles. The number of nitrogens with two attached hydrogens (primary N) is 1. The van der Waals surface area contributed by atoms with Crippen LogP contribution in [0.3, 0.4) is 0 Å². The standard InChI is InChI=1S/C17H28N2O/c1-5-6-15(18)16(20)19-12-11-13-7-9-14(10-8-13)17(2,3)4/h7-10,15H,5-6,11-12,18H2,1-4H3,(H,19,20). The second-order valence-electron chi connectivity index (χ2n) is 6.38. The Kier molecular flexibility index (Phi) is 6.21. The van der Waals surface area contributed by atoms with E-state index in [0.29, 0.717) is 6.54 Å². The van der Waals surface area contributed by atoms with Gasteiger partial charge in [-0.25, -0.2) is 0 Å². The predicted octanol–water partition coefficient (Wildman–Crippen LogP) is 2.77. The van der Waals surface area contributed by atoms with Gasteiger partial charge in [0.1, 0.15) is 0 Å². The van der Waals surface area contributed by atoms with Gasteiger partial charge in [0.15, 0.2) is 0 Å². The van der Waals surface area contributed by atoms with Crippen LogP contribution in [0.1, 0.15) is 51.7 Å². The molecule has 0 spiro atoms. The summed E-state index contributed by atoms with van der Waals surface area (Å²) in [6.45, 7) is 9.29. The number of rotatable bonds is 6. The van der Waals surface area contributed by atoms with Crippen molar-refractivity contribution in [2.75, 3.05) is 6.54 Å². The Morgan fingerprint density at radius 1 is 1.25 bits per heavy atom. The summed E-state index contributed by atoms with van der Waals surface area (Å²) in [4.78, 5) is 11.7. The van der Waals surface area contributed by atoms with Gasteiger partial charge in [-0.1, -0.05) is 58.4 Å². The fourth-order valence-corrected chi connectivity index (χ4v) is 2.07. The lowest BCUT2D eigenvalue weighted by molar-refractivity contribution is -0.122. The molecule has 3 heteroatoms. The number of amides is 1. The molecule has 1 atom stereocenters. The van der Waals surface area contributed by atoms with Crippen molar-refractivity contribution >= 4 is 5.91 Å². The second-order valence-corrected chi connectivity index (χ2v) is 6.38. The molecule has 0 aliphatic heterocycles. The molecular weight excluding hydrogens is 248 g/mol. The smallest absolute Gasteiger partial charge is 0.236 e. The van der Waals surface area contributed by atoms with Crippen LogP contribution in [-0.2, 0) is 16.6 Å². The summed E-state index contributed by atoms with van der Waals surface area (Å²) >= 11 is 0. The molecule has 1 aromatic carbocycles. The maximum absolute atomic E-state index is 11.7. The minimum Gasteiger partial charge on any atom is -0.354 e. The molecule has 1 amide bonds. The van der Waals surface area contributed by atoms with E-state index in [1.807, 2.05) is 6.92 Å². The zero-order valence-corrected chi connectivity index (χ0v) is 13.2. The number of benzene rings is 1. The monoisotopic (exact) mass is 276 g/mol. The Morgan fingerprint density at radius 2 is 1.85 bits per heavy atom. The minimum atomic E-state index is -0.372. The van der Waals surface area contributed by atoms with E-state index in [9.17, 15) is 4.79 Å². The molecule has 0 saturated carbocycles. The number of carbonyl (C=O) groups excluding carboxylic acids is 1. The second kappa shape index (κ2) is 7.44. The first kappa shape index (κ1) is 16.7. The molecular formula is C17H28N2O. The summed E-state index contributed by atoms with van der Waals surface area (Å²) in [5.41, 5.74) is 8.51. The van der Waals surface area contributed by atoms with Crippen LogP contribution in [0.15, 0.2) is 24.3 Å². The van der Waals surface area contributed by atoms with E-state index in [-0.39, 0.29) is 17.4 Å². The van der Waals surface area contributed by atoms with Gasteiger partial charge in [0.2, 0.25) is 5.91 Å². The van der Waals surface area contributed by atoms with Crippen molar-refractivity contribution in [3.8, 4) is 0 Å². The van der Waals surface area contributed by atoms with Crippen LogP contribution in [0.5, 0.6) is 0 Å². The number of nitrogens with one attached hydrogen (secondary N) is 1. The van der Waals surface area contributed by atoms with Crippen molar-refractivity contribution in [1.29, 1.82) is 0 Å². The third-order valence-electron chi connectivity index (χ3n) is 3.47.